The van der Waals surface area contributed by atoms with Gasteiger partial charge >= 0.3 is 0 Å². The second-order valence-corrected chi connectivity index (χ2v) is 6.13. The molecule has 122 valence electrons. The molecule has 1 aliphatic rings. The third kappa shape index (κ3) is 5.78. The monoisotopic (exact) mass is 324 g/mol. The Balaban J connectivity index is 0.00000242. The lowest BCUT2D eigenvalue weighted by Crippen LogP contribution is -2.42. The van der Waals surface area contributed by atoms with Crippen LogP contribution < -0.4 is 10.6 Å². The molecule has 0 unspecified atom stereocenters. The van der Waals surface area contributed by atoms with Gasteiger partial charge in [-0.1, -0.05) is 37.3 Å². The van der Waals surface area contributed by atoms with Gasteiger partial charge in [0.05, 0.1) is 0 Å². The molecule has 1 heterocycles. The molecule has 0 atom stereocenters. The highest BCUT2D eigenvalue weighted by molar-refractivity contribution is 5.97. The Morgan fingerprint density at radius 2 is 1.77 bits per heavy atom. The van der Waals surface area contributed by atoms with Gasteiger partial charge in [-0.3, -0.25) is 9.59 Å². The van der Waals surface area contributed by atoms with Crippen LogP contribution in [0.15, 0.2) is 30.3 Å². The van der Waals surface area contributed by atoms with Crippen molar-refractivity contribution in [2.75, 3.05) is 19.6 Å². The number of rotatable bonds is 6. The summed E-state index contributed by atoms with van der Waals surface area (Å²) in [7, 11) is 0. The van der Waals surface area contributed by atoms with Crippen LogP contribution >= 0.6 is 12.4 Å². The number of hydrogen-bond acceptors (Lipinski definition) is 3. The van der Waals surface area contributed by atoms with Gasteiger partial charge in [0, 0.05) is 24.9 Å². The van der Waals surface area contributed by atoms with E-state index in [0.717, 1.165) is 25.9 Å². The normalized spacial score (nSPS) is 16.4. The fourth-order valence-corrected chi connectivity index (χ4v) is 2.60. The summed E-state index contributed by atoms with van der Waals surface area (Å²) in [5, 5.41) is 6.31. The number of piperidine rings is 1. The molecule has 0 spiro atoms. The average Bonchev–Trinajstić information content (AvgIpc) is 2.52. The van der Waals surface area contributed by atoms with Gasteiger partial charge in [0.2, 0.25) is 5.91 Å². The number of hydrogen-bond donors (Lipinski definition) is 2. The summed E-state index contributed by atoms with van der Waals surface area (Å²) in [4.78, 5) is 23.8. The number of carbonyl (C=O) groups excluding carboxylic acids is 2. The van der Waals surface area contributed by atoms with Crippen LogP contribution in [-0.2, 0) is 4.79 Å². The summed E-state index contributed by atoms with van der Waals surface area (Å²) in [5.41, 5.74) is 0.861. The Bertz CT molecular complexity index is 485. The maximum Gasteiger partial charge on any atom is 0.220 e. The van der Waals surface area contributed by atoms with Crippen molar-refractivity contribution in [3.63, 3.8) is 0 Å². The van der Waals surface area contributed by atoms with E-state index in [0.29, 0.717) is 12.1 Å². The van der Waals surface area contributed by atoms with Crippen molar-refractivity contribution in [1.82, 2.24) is 10.6 Å². The predicted octanol–water partition coefficient (Wildman–Crippen LogP) is 2.58. The van der Waals surface area contributed by atoms with Crippen molar-refractivity contribution in [3.8, 4) is 0 Å². The highest BCUT2D eigenvalue weighted by Crippen LogP contribution is 2.26. The molecule has 0 aliphatic carbocycles. The first-order chi connectivity index (χ1) is 10.1. The number of nitrogens with one attached hydrogen (secondary N) is 2. The number of amides is 1. The van der Waals surface area contributed by atoms with Gasteiger partial charge in [-0.05, 0) is 31.3 Å². The Morgan fingerprint density at radius 1 is 1.14 bits per heavy atom. The first-order valence-corrected chi connectivity index (χ1v) is 7.65. The van der Waals surface area contributed by atoms with Gasteiger partial charge in [-0.25, -0.2) is 0 Å². The summed E-state index contributed by atoms with van der Waals surface area (Å²) >= 11 is 0. The molecule has 22 heavy (non-hydrogen) atoms. The molecule has 1 saturated heterocycles. The van der Waals surface area contributed by atoms with Gasteiger partial charge in [0.15, 0.2) is 5.78 Å². The van der Waals surface area contributed by atoms with Crippen LogP contribution in [0, 0.1) is 5.41 Å². The topological polar surface area (TPSA) is 58.2 Å². The molecule has 5 heteroatoms. The van der Waals surface area contributed by atoms with Gasteiger partial charge in [-0.2, -0.15) is 0 Å². The molecule has 0 radical (unpaired) electrons. The molecule has 1 amide bonds. The number of ketones is 1. The van der Waals surface area contributed by atoms with Crippen LogP contribution in [0.1, 0.15) is 43.0 Å². The minimum Gasteiger partial charge on any atom is -0.356 e. The van der Waals surface area contributed by atoms with Crippen molar-refractivity contribution < 1.29 is 9.59 Å². The molecule has 1 aliphatic heterocycles. The zero-order valence-electron chi connectivity index (χ0n) is 13.1. The van der Waals surface area contributed by atoms with E-state index in [-0.39, 0.29) is 42.4 Å². The summed E-state index contributed by atoms with van der Waals surface area (Å²) in [6, 6.07) is 9.13. The SMILES string of the molecule is CC1(CNC(=O)CCC(=O)c2ccccc2)CCNCC1.Cl. The van der Waals surface area contributed by atoms with E-state index in [1.807, 2.05) is 18.2 Å². The van der Waals surface area contributed by atoms with Crippen molar-refractivity contribution in [2.45, 2.75) is 32.6 Å². The van der Waals surface area contributed by atoms with E-state index in [9.17, 15) is 9.59 Å². The van der Waals surface area contributed by atoms with Crippen LogP contribution in [0.5, 0.6) is 0 Å². The summed E-state index contributed by atoms with van der Waals surface area (Å²) in [5.74, 6) is -0.00198. The summed E-state index contributed by atoms with van der Waals surface area (Å²) in [6.07, 6.45) is 2.70. The Kier molecular flexibility index (Phi) is 7.56. The molecule has 2 N–H and O–H groups in total. The molecule has 2 rings (SSSR count). The third-order valence-electron chi connectivity index (χ3n) is 4.20. The Labute approximate surface area is 138 Å². The van der Waals surface area contributed by atoms with Crippen LogP contribution in [0.4, 0.5) is 0 Å². The van der Waals surface area contributed by atoms with Crippen molar-refractivity contribution in [3.05, 3.63) is 35.9 Å². The lowest BCUT2D eigenvalue weighted by Gasteiger charge is -2.34. The molecule has 0 saturated carbocycles. The van der Waals surface area contributed by atoms with Gasteiger partial charge in [0.25, 0.3) is 0 Å². The Morgan fingerprint density at radius 3 is 2.41 bits per heavy atom. The van der Waals surface area contributed by atoms with E-state index in [2.05, 4.69) is 17.6 Å². The smallest absolute Gasteiger partial charge is 0.220 e. The van der Waals surface area contributed by atoms with E-state index in [1.165, 1.54) is 0 Å². The van der Waals surface area contributed by atoms with E-state index >= 15 is 0 Å². The van der Waals surface area contributed by atoms with E-state index < -0.39 is 0 Å². The number of halogens is 1. The van der Waals surface area contributed by atoms with Crippen molar-refractivity contribution in [1.29, 1.82) is 0 Å². The second kappa shape index (κ2) is 8.91. The van der Waals surface area contributed by atoms with Crippen LogP contribution in [0.3, 0.4) is 0 Å². The number of carbonyl (C=O) groups is 2. The highest BCUT2D eigenvalue weighted by Gasteiger charge is 2.26. The largest absolute Gasteiger partial charge is 0.356 e. The molecular formula is C17H25ClN2O2. The van der Waals surface area contributed by atoms with Crippen molar-refractivity contribution in [2.24, 2.45) is 5.41 Å². The maximum absolute atomic E-state index is 11.9. The van der Waals surface area contributed by atoms with Gasteiger partial charge < -0.3 is 10.6 Å². The second-order valence-electron chi connectivity index (χ2n) is 6.13. The zero-order chi connectivity index (χ0) is 15.1. The molecular weight excluding hydrogens is 300 g/mol. The third-order valence-corrected chi connectivity index (χ3v) is 4.20. The maximum atomic E-state index is 11.9. The summed E-state index contributed by atoms with van der Waals surface area (Å²) in [6.45, 7) is 4.94. The van der Waals surface area contributed by atoms with E-state index in [1.54, 1.807) is 12.1 Å². The number of Topliss-reactive ketones (excluding diaryl/α,β-unsaturated/α-hetero) is 1. The zero-order valence-corrected chi connectivity index (χ0v) is 13.9. The molecule has 1 aromatic carbocycles. The fraction of sp³-hybridized carbons (Fsp3) is 0.529. The predicted molar refractivity (Wildman–Crippen MR) is 90.5 cm³/mol. The minimum absolute atomic E-state index is 0. The lowest BCUT2D eigenvalue weighted by atomic mass is 9.81. The lowest BCUT2D eigenvalue weighted by molar-refractivity contribution is -0.121. The summed E-state index contributed by atoms with van der Waals surface area (Å²) < 4.78 is 0. The fourth-order valence-electron chi connectivity index (χ4n) is 2.60. The standard InChI is InChI=1S/C17H24N2O2.ClH/c1-17(9-11-18-12-10-17)13-19-16(21)8-7-15(20)14-5-3-2-4-6-14;/h2-6,18H,7-13H2,1H3,(H,19,21);1H. The van der Waals surface area contributed by atoms with Gasteiger partial charge in [0.1, 0.15) is 0 Å². The first kappa shape index (κ1) is 18.7. The average molecular weight is 325 g/mol. The first-order valence-electron chi connectivity index (χ1n) is 7.65. The van der Waals surface area contributed by atoms with E-state index in [4.69, 9.17) is 0 Å². The Hall–Kier alpha value is -1.39. The quantitative estimate of drug-likeness (QED) is 0.791. The highest BCUT2D eigenvalue weighted by atomic mass is 35.5. The van der Waals surface area contributed by atoms with Crippen molar-refractivity contribution >= 4 is 24.1 Å². The molecule has 4 nitrogen and oxygen atoms in total. The minimum atomic E-state index is -0.0287. The van der Waals surface area contributed by atoms with Gasteiger partial charge in [-0.15, -0.1) is 12.4 Å². The molecule has 0 aromatic heterocycles. The van der Waals surface area contributed by atoms with Crippen LogP contribution in [-0.4, -0.2) is 31.3 Å². The molecule has 1 fully saturated rings. The molecule has 0 bridgehead atoms. The van der Waals surface area contributed by atoms with Crippen LogP contribution in [0.2, 0.25) is 0 Å². The number of benzene rings is 1. The van der Waals surface area contributed by atoms with Crippen LogP contribution in [0.25, 0.3) is 0 Å². The molecule has 1 aromatic rings.